The summed E-state index contributed by atoms with van der Waals surface area (Å²) in [6.45, 7) is 17.0. The zero-order valence-electron chi connectivity index (χ0n) is 66.6. The summed E-state index contributed by atoms with van der Waals surface area (Å²) < 4.78 is 201. The molecule has 0 spiro atoms. The number of halogens is 6. The van der Waals surface area contributed by atoms with Crippen LogP contribution in [0.3, 0.4) is 0 Å². The number of carbonyl (C=O) groups excluding carboxylic acids is 3. The molecule has 0 amide bonds. The van der Waals surface area contributed by atoms with Crippen LogP contribution in [0.1, 0.15) is 123 Å². The molecule has 3 aliphatic rings. The number of aliphatic hydroxyl groups excluding tert-OH is 3. The number of benzene rings is 3. The molecule has 0 saturated carbocycles. The maximum atomic E-state index is 15.8. The zero-order valence-corrected chi connectivity index (χ0v) is 69.3. The number of aromatic nitrogens is 6. The van der Waals surface area contributed by atoms with Crippen molar-refractivity contribution in [1.82, 2.24) is 28.7 Å². The molecule has 6 aromatic rings. The van der Waals surface area contributed by atoms with Crippen LogP contribution < -0.4 is 47.3 Å². The summed E-state index contributed by atoms with van der Waals surface area (Å²) in [5.74, 6) is -4.38. The van der Waals surface area contributed by atoms with Gasteiger partial charge in [0.2, 0.25) is 17.0 Å². The van der Waals surface area contributed by atoms with E-state index in [4.69, 9.17) is 55.6 Å². The largest absolute Gasteiger partial charge is 0.463 e. The van der Waals surface area contributed by atoms with E-state index in [1.165, 1.54) is 98.7 Å². The number of nitrogens with zero attached hydrogens (tertiary/aromatic N) is 3. The van der Waals surface area contributed by atoms with Crippen LogP contribution in [0.5, 0.6) is 17.2 Å². The number of aliphatic hydroxyl groups is 3. The fraction of sp³-hybridized carbons (Fsp3) is 0.560. The van der Waals surface area contributed by atoms with Gasteiger partial charge in [0.15, 0.2) is 18.7 Å². The average molecular weight is 1720 g/mol. The van der Waals surface area contributed by atoms with Crippen LogP contribution in [0.15, 0.2) is 157 Å². The summed E-state index contributed by atoms with van der Waals surface area (Å²) in [5.41, 5.74) is -20.5. The van der Waals surface area contributed by atoms with Gasteiger partial charge in [-0.05, 0) is 119 Å². The van der Waals surface area contributed by atoms with E-state index in [1.807, 2.05) is 15.0 Å². The van der Waals surface area contributed by atoms with Gasteiger partial charge in [0.1, 0.15) is 90.7 Å². The summed E-state index contributed by atoms with van der Waals surface area (Å²) in [6, 6.07) is 26.6. The van der Waals surface area contributed by atoms with Gasteiger partial charge in [-0.1, -0.05) is 75.4 Å². The number of aromatic amines is 3. The first-order valence-corrected chi connectivity index (χ1v) is 42.0. The van der Waals surface area contributed by atoms with E-state index in [9.17, 15) is 85.3 Å². The highest BCUT2D eigenvalue weighted by molar-refractivity contribution is 7.55. The molecule has 18 atom stereocenters. The number of hydrogen-bond acceptors (Lipinski definition) is 27. The highest BCUT2D eigenvalue weighted by Crippen LogP contribution is 2.60. The molecule has 0 aliphatic carbocycles. The number of ether oxygens (including phenoxy) is 6. The first-order chi connectivity index (χ1) is 54.3. The normalized spacial score (nSPS) is 25.7. The van der Waals surface area contributed by atoms with Gasteiger partial charge in [-0.3, -0.25) is 71.0 Å². The van der Waals surface area contributed by atoms with Crippen molar-refractivity contribution in [2.75, 3.05) is 38.5 Å². The predicted octanol–water partition coefficient (Wildman–Crippen LogP) is 9.38. The molecule has 117 heavy (non-hydrogen) atoms. The summed E-state index contributed by atoms with van der Waals surface area (Å²) >= 11 is 0. The molecule has 3 fully saturated rings. The first-order valence-electron chi connectivity index (χ1n) is 36.8. The molecule has 648 valence electrons. The Hall–Kier alpha value is -8.58. The number of rotatable bonds is 33. The van der Waals surface area contributed by atoms with Crippen LogP contribution in [-0.4, -0.2) is 189 Å². The van der Waals surface area contributed by atoms with Gasteiger partial charge in [-0.15, -0.1) is 0 Å². The monoisotopic (exact) mass is 1720 g/mol. The molecule has 6 N–H and O–H groups in total. The van der Waals surface area contributed by atoms with Gasteiger partial charge in [0.05, 0.1) is 54.6 Å². The molecular weight excluding hydrogens is 1620 g/mol. The standard InChI is InChI=1S/3C25H33F2N2O9P/c3*1-15(2)35-21(32)16(3)13-39(34,37-17-9-7-6-8-10-17)38-24(4,5)20-19(31)25(27,14-26)22(36-20)29-12-11-18(30)28-23(29)33/h3*6-12,15-16,19-20,22,31H,13-14H2,1-5H3,(H,28,30,33)/t16-,19+,20+,22-,25?,39?;16-,19+,20+,22-,25?,39+;16-,19+,20+,22-,25?,39-/m111/s1. The second-order valence-electron chi connectivity index (χ2n) is 30.6. The maximum absolute atomic E-state index is 15.8. The molecule has 9 rings (SSSR count). The van der Waals surface area contributed by atoms with Crippen molar-refractivity contribution in [2.45, 2.75) is 211 Å². The Kier molecular flexibility index (Phi) is 31.6. The van der Waals surface area contributed by atoms with Crippen LogP contribution in [-0.2, 0) is 70.1 Å². The second kappa shape index (κ2) is 38.6. The fourth-order valence-corrected chi connectivity index (χ4v) is 19.5. The van der Waals surface area contributed by atoms with Crippen LogP contribution in [0.25, 0.3) is 0 Å². The third kappa shape index (κ3) is 23.5. The van der Waals surface area contributed by atoms with Gasteiger partial charge in [-0.2, -0.15) is 0 Å². The number of carbonyl (C=O) groups is 3. The predicted molar refractivity (Wildman–Crippen MR) is 408 cm³/mol. The van der Waals surface area contributed by atoms with E-state index in [0.29, 0.717) is 13.7 Å². The molecule has 3 aliphatic heterocycles. The third-order valence-corrected chi connectivity index (χ3v) is 24.9. The first kappa shape index (κ1) is 95.6. The fourth-order valence-electron chi connectivity index (χ4n) is 12.7. The summed E-state index contributed by atoms with van der Waals surface area (Å²) in [6.07, 6.45) is -17.5. The lowest BCUT2D eigenvalue weighted by Gasteiger charge is -2.36. The Balaban J connectivity index is 0.000000242. The summed E-state index contributed by atoms with van der Waals surface area (Å²) in [4.78, 5) is 114. The highest BCUT2D eigenvalue weighted by Gasteiger charge is 2.67. The number of hydrogen-bond donors (Lipinski definition) is 6. The lowest BCUT2D eigenvalue weighted by atomic mass is 9.89. The maximum Gasteiger partial charge on any atom is 0.380 e. The zero-order chi connectivity index (χ0) is 87.5. The summed E-state index contributed by atoms with van der Waals surface area (Å²) in [7, 11) is -12.8. The van der Waals surface area contributed by atoms with E-state index in [1.54, 1.807) is 96.1 Å². The minimum Gasteiger partial charge on any atom is -0.463 e. The Bertz CT molecular complexity index is 4430. The topological polar surface area (TPSA) is 438 Å². The molecular formula is C75H99F6N6O27P3. The van der Waals surface area contributed by atoms with E-state index in [-0.39, 0.29) is 17.2 Å². The van der Waals surface area contributed by atoms with E-state index >= 15 is 13.2 Å². The van der Waals surface area contributed by atoms with Crippen LogP contribution in [0, 0.1) is 17.8 Å². The van der Waals surface area contributed by atoms with Crippen LogP contribution in [0.2, 0.25) is 0 Å². The Morgan fingerprint density at radius 2 is 0.624 bits per heavy atom. The van der Waals surface area contributed by atoms with Crippen molar-refractivity contribution in [3.05, 3.63) is 190 Å². The van der Waals surface area contributed by atoms with Crippen molar-refractivity contribution in [3.8, 4) is 17.2 Å². The number of esters is 3. The van der Waals surface area contributed by atoms with E-state index in [2.05, 4.69) is 0 Å². The molecule has 3 aromatic carbocycles. The Labute approximate surface area is 667 Å². The van der Waals surface area contributed by atoms with Crippen molar-refractivity contribution in [3.63, 3.8) is 0 Å². The number of H-pyrrole nitrogens is 3. The Morgan fingerprint density at radius 3 is 0.812 bits per heavy atom. The van der Waals surface area contributed by atoms with Gasteiger partial charge in [-0.25, -0.2) is 54.4 Å². The number of alkyl halides is 6. The highest BCUT2D eigenvalue weighted by atomic mass is 31.2. The molecule has 4 unspecified atom stereocenters. The van der Waals surface area contributed by atoms with Gasteiger partial charge >= 0.3 is 57.8 Å². The van der Waals surface area contributed by atoms with E-state index < -0.39 is 238 Å². The molecule has 42 heteroatoms. The van der Waals surface area contributed by atoms with Crippen LogP contribution >= 0.6 is 22.8 Å². The molecule has 0 bridgehead atoms. The Morgan fingerprint density at radius 1 is 0.410 bits per heavy atom. The van der Waals surface area contributed by atoms with Gasteiger partial charge < -0.3 is 57.3 Å². The van der Waals surface area contributed by atoms with Crippen LogP contribution in [0.4, 0.5) is 26.3 Å². The second-order valence-corrected chi connectivity index (χ2v) is 36.5. The SMILES string of the molecule is CC(C)OC(=O)[C@H](C)CP(=O)(Oc1ccccc1)OC(C)(C)[C@H]1O[C@@H](n2ccc(=O)[nH]c2=O)C(F)(CF)[C@H]1O.CC(C)OC(=O)[C@H](C)C[P@@](=O)(Oc1ccccc1)OC(C)(C)[C@H]1O[C@@H](n2ccc(=O)[nH]c2=O)C(F)(CF)[C@H]1O.CC(C)OC(=O)[C@H](C)C[P@](=O)(Oc1ccccc1)OC(C)(C)[C@H]1O[C@@H](n2ccc(=O)[nH]c2=O)C(F)(CF)[C@H]1O. The molecule has 3 saturated heterocycles. The van der Waals surface area contributed by atoms with Crippen molar-refractivity contribution < 1.29 is 125 Å². The van der Waals surface area contributed by atoms with Crippen molar-refractivity contribution >= 4 is 40.7 Å². The molecule has 3 aromatic heterocycles. The molecule has 0 radical (unpaired) electrons. The lowest BCUT2D eigenvalue weighted by molar-refractivity contribution is -0.152. The smallest absolute Gasteiger partial charge is 0.380 e. The molecule has 33 nitrogen and oxygen atoms in total. The van der Waals surface area contributed by atoms with Gasteiger partial charge in [0.25, 0.3) is 16.7 Å². The minimum atomic E-state index is -4.28. The minimum absolute atomic E-state index is 0.148. The summed E-state index contributed by atoms with van der Waals surface area (Å²) in [5, 5.41) is 32.6. The average Bonchev–Trinajstić information content (AvgIpc) is 1.60. The lowest BCUT2D eigenvalue weighted by Crippen LogP contribution is -2.51. The van der Waals surface area contributed by atoms with E-state index in [0.717, 1.165) is 36.8 Å². The van der Waals surface area contributed by atoms with Crippen molar-refractivity contribution in [2.24, 2.45) is 17.8 Å². The number of nitrogens with one attached hydrogen (secondary N) is 3. The quantitative estimate of drug-likeness (QED) is 0.00966. The van der Waals surface area contributed by atoms with Crippen molar-refractivity contribution in [1.29, 1.82) is 0 Å². The number of para-hydroxylation sites is 3. The molecule has 6 heterocycles. The third-order valence-electron chi connectivity index (χ3n) is 18.2. The van der Waals surface area contributed by atoms with Gasteiger partial charge in [0, 0.05) is 36.8 Å².